The molecule has 1 aliphatic rings. The first-order valence-corrected chi connectivity index (χ1v) is 7.25. The van der Waals surface area contributed by atoms with Gasteiger partial charge in [-0.25, -0.2) is 4.79 Å². The van der Waals surface area contributed by atoms with E-state index < -0.39 is 0 Å². The van der Waals surface area contributed by atoms with Crippen molar-refractivity contribution in [3.8, 4) is 0 Å². The largest absolute Gasteiger partial charge is 0.464 e. The van der Waals surface area contributed by atoms with Gasteiger partial charge in [0, 0.05) is 25.6 Å². The predicted octanol–water partition coefficient (Wildman–Crippen LogP) is 1.32. The normalized spacial score (nSPS) is 19.6. The van der Waals surface area contributed by atoms with Crippen LogP contribution >= 0.6 is 0 Å². The van der Waals surface area contributed by atoms with Gasteiger partial charge in [0.1, 0.15) is 6.04 Å². The van der Waals surface area contributed by atoms with Crippen molar-refractivity contribution in [3.05, 3.63) is 0 Å². The lowest BCUT2D eigenvalue weighted by Crippen LogP contribution is -2.49. The van der Waals surface area contributed by atoms with E-state index in [1.54, 1.807) is 11.8 Å². The third-order valence-corrected chi connectivity index (χ3v) is 3.27. The molecular weight excluding hydrogens is 244 g/mol. The van der Waals surface area contributed by atoms with Crippen LogP contribution in [0.5, 0.6) is 0 Å². The van der Waals surface area contributed by atoms with Crippen molar-refractivity contribution in [2.45, 2.75) is 58.5 Å². The summed E-state index contributed by atoms with van der Waals surface area (Å²) in [5, 5.41) is 3.22. The van der Waals surface area contributed by atoms with Crippen molar-refractivity contribution in [1.29, 1.82) is 0 Å². The lowest BCUT2D eigenvalue weighted by Gasteiger charge is -2.34. The Balaban J connectivity index is 2.51. The number of piperidine rings is 1. The summed E-state index contributed by atoms with van der Waals surface area (Å²) in [5.74, 6) is -0.210. The number of esters is 1. The lowest BCUT2D eigenvalue weighted by molar-refractivity contribution is -0.156. The van der Waals surface area contributed by atoms with Gasteiger partial charge in [-0.15, -0.1) is 0 Å². The zero-order valence-corrected chi connectivity index (χ0v) is 12.3. The van der Waals surface area contributed by atoms with Gasteiger partial charge in [-0.1, -0.05) is 13.8 Å². The van der Waals surface area contributed by atoms with Gasteiger partial charge in [0.15, 0.2) is 0 Å². The minimum Gasteiger partial charge on any atom is -0.464 e. The molecule has 19 heavy (non-hydrogen) atoms. The molecule has 1 amide bonds. The molecule has 1 heterocycles. The summed E-state index contributed by atoms with van der Waals surface area (Å²) in [7, 11) is 0. The topological polar surface area (TPSA) is 58.6 Å². The minimum absolute atomic E-state index is 0.0471. The summed E-state index contributed by atoms with van der Waals surface area (Å²) >= 11 is 0. The van der Waals surface area contributed by atoms with Crippen LogP contribution in [-0.4, -0.2) is 48.6 Å². The van der Waals surface area contributed by atoms with Crippen molar-refractivity contribution >= 4 is 11.9 Å². The molecular formula is C14H26N2O3. The van der Waals surface area contributed by atoms with Crippen molar-refractivity contribution in [3.63, 3.8) is 0 Å². The van der Waals surface area contributed by atoms with Crippen LogP contribution in [0, 0.1) is 0 Å². The maximum atomic E-state index is 12.2. The van der Waals surface area contributed by atoms with E-state index in [1.807, 2.05) is 13.8 Å². The van der Waals surface area contributed by atoms with Crippen LogP contribution in [-0.2, 0) is 14.3 Å². The van der Waals surface area contributed by atoms with Crippen LogP contribution in [0.15, 0.2) is 0 Å². The fourth-order valence-electron chi connectivity index (χ4n) is 2.32. The minimum atomic E-state index is -0.375. The summed E-state index contributed by atoms with van der Waals surface area (Å²) in [6, 6.07) is -0.00439. The quantitative estimate of drug-likeness (QED) is 0.740. The Morgan fingerprint density at radius 1 is 1.37 bits per heavy atom. The molecule has 1 saturated heterocycles. The highest BCUT2D eigenvalue weighted by Gasteiger charge is 2.32. The average Bonchev–Trinajstić information content (AvgIpc) is 2.38. The van der Waals surface area contributed by atoms with Crippen LogP contribution in [0.1, 0.15) is 46.5 Å². The summed E-state index contributed by atoms with van der Waals surface area (Å²) in [6.07, 6.45) is 3.12. The fraction of sp³-hybridized carbons (Fsp3) is 0.857. The molecule has 0 saturated carbocycles. The van der Waals surface area contributed by atoms with Crippen molar-refractivity contribution in [1.82, 2.24) is 10.2 Å². The van der Waals surface area contributed by atoms with Crippen LogP contribution in [0.4, 0.5) is 0 Å². The molecule has 0 bridgehead atoms. The number of hydrogen-bond donors (Lipinski definition) is 1. The predicted molar refractivity (Wildman–Crippen MR) is 73.7 cm³/mol. The molecule has 5 heteroatoms. The Hall–Kier alpha value is -1.10. The zero-order chi connectivity index (χ0) is 14.3. The Labute approximate surface area is 115 Å². The van der Waals surface area contributed by atoms with Gasteiger partial charge in [0.05, 0.1) is 6.61 Å². The van der Waals surface area contributed by atoms with E-state index in [-0.39, 0.29) is 17.9 Å². The first-order valence-electron chi connectivity index (χ1n) is 7.25. The molecule has 0 aromatic rings. The average molecular weight is 270 g/mol. The van der Waals surface area contributed by atoms with Gasteiger partial charge in [-0.05, 0) is 26.2 Å². The van der Waals surface area contributed by atoms with E-state index in [1.165, 1.54) is 0 Å². The van der Waals surface area contributed by atoms with Gasteiger partial charge in [0.25, 0.3) is 0 Å². The summed E-state index contributed by atoms with van der Waals surface area (Å²) in [5.41, 5.74) is 0. The molecule has 1 fully saturated rings. The highest BCUT2D eigenvalue weighted by Crippen LogP contribution is 2.19. The second-order valence-electron chi connectivity index (χ2n) is 5.21. The Morgan fingerprint density at radius 3 is 2.74 bits per heavy atom. The van der Waals surface area contributed by atoms with Gasteiger partial charge in [-0.3, -0.25) is 4.79 Å². The van der Waals surface area contributed by atoms with E-state index in [2.05, 4.69) is 5.32 Å². The number of amides is 1. The molecule has 5 nitrogen and oxygen atoms in total. The molecule has 1 atom stereocenters. The third-order valence-electron chi connectivity index (χ3n) is 3.27. The number of hydrogen-bond acceptors (Lipinski definition) is 4. The zero-order valence-electron chi connectivity index (χ0n) is 12.3. The molecule has 1 rings (SSSR count). The molecule has 1 aliphatic heterocycles. The molecule has 0 aromatic heterocycles. The van der Waals surface area contributed by atoms with Crippen molar-refractivity contribution < 1.29 is 14.3 Å². The fourth-order valence-corrected chi connectivity index (χ4v) is 2.32. The summed E-state index contributed by atoms with van der Waals surface area (Å²) in [6.45, 7) is 7.58. The second kappa shape index (κ2) is 8.15. The number of carbonyl (C=O) groups is 2. The van der Waals surface area contributed by atoms with E-state index in [0.717, 1.165) is 19.3 Å². The molecule has 110 valence electrons. The molecule has 0 spiro atoms. The first kappa shape index (κ1) is 16.0. The van der Waals surface area contributed by atoms with Crippen molar-refractivity contribution in [2.75, 3.05) is 19.7 Å². The number of carbonyl (C=O) groups excluding carboxylic acids is 2. The molecule has 0 aliphatic carbocycles. The number of likely N-dealkylation sites (tertiary alicyclic amines) is 1. The van der Waals surface area contributed by atoms with Crippen LogP contribution in [0.25, 0.3) is 0 Å². The molecule has 0 aromatic carbocycles. The van der Waals surface area contributed by atoms with E-state index >= 15 is 0 Å². The van der Waals surface area contributed by atoms with E-state index in [9.17, 15) is 9.59 Å². The van der Waals surface area contributed by atoms with Crippen molar-refractivity contribution in [2.24, 2.45) is 0 Å². The number of nitrogens with zero attached hydrogens (tertiary/aromatic N) is 1. The van der Waals surface area contributed by atoms with Gasteiger partial charge >= 0.3 is 5.97 Å². The first-order chi connectivity index (χ1) is 9.06. The lowest BCUT2D eigenvalue weighted by atomic mass is 10.0. The van der Waals surface area contributed by atoms with Crippen LogP contribution in [0.2, 0.25) is 0 Å². The number of rotatable bonds is 6. The summed E-state index contributed by atoms with van der Waals surface area (Å²) < 4.78 is 5.06. The van der Waals surface area contributed by atoms with Gasteiger partial charge in [-0.2, -0.15) is 0 Å². The maximum absolute atomic E-state index is 12.2. The van der Waals surface area contributed by atoms with Gasteiger partial charge < -0.3 is 15.0 Å². The van der Waals surface area contributed by atoms with Crippen LogP contribution < -0.4 is 5.32 Å². The Kier molecular flexibility index (Phi) is 6.84. The molecule has 0 radical (unpaired) electrons. The third kappa shape index (κ3) is 5.19. The Bertz CT molecular complexity index is 305. The van der Waals surface area contributed by atoms with Crippen LogP contribution in [0.3, 0.4) is 0 Å². The Morgan fingerprint density at radius 2 is 2.11 bits per heavy atom. The standard InChI is InChI=1S/C14H26N2O3/c1-4-19-14(18)12-7-5-6-10-16(12)13(17)8-9-15-11(2)3/h11-12,15H,4-10H2,1-3H3. The summed E-state index contributed by atoms with van der Waals surface area (Å²) in [4.78, 5) is 25.7. The SMILES string of the molecule is CCOC(=O)C1CCCCN1C(=O)CCNC(C)C. The monoisotopic (exact) mass is 270 g/mol. The number of nitrogens with one attached hydrogen (secondary N) is 1. The van der Waals surface area contributed by atoms with E-state index in [0.29, 0.717) is 32.2 Å². The second-order valence-corrected chi connectivity index (χ2v) is 5.21. The maximum Gasteiger partial charge on any atom is 0.328 e. The van der Waals surface area contributed by atoms with E-state index in [4.69, 9.17) is 4.74 Å². The highest BCUT2D eigenvalue weighted by molar-refractivity contribution is 5.84. The molecule has 1 N–H and O–H groups in total. The molecule has 1 unspecified atom stereocenters. The van der Waals surface area contributed by atoms with Gasteiger partial charge in [0.2, 0.25) is 5.91 Å². The smallest absolute Gasteiger partial charge is 0.328 e. The highest BCUT2D eigenvalue weighted by atomic mass is 16.5. The number of ether oxygens (including phenoxy) is 1.